The molecule has 1 amide bonds. The van der Waals surface area contributed by atoms with E-state index in [9.17, 15) is 4.79 Å². The number of halogens is 1. The average molecular weight is 414 g/mol. The normalized spacial score (nSPS) is 19.8. The lowest BCUT2D eigenvalue weighted by atomic mass is 10.1. The molecule has 8 heteroatoms. The predicted octanol–water partition coefficient (Wildman–Crippen LogP) is 1.65. The zero-order valence-corrected chi connectivity index (χ0v) is 17.0. The van der Waals surface area contributed by atoms with Gasteiger partial charge < -0.3 is 25.2 Å². The first-order chi connectivity index (χ1) is 12.0. The van der Waals surface area contributed by atoms with Crippen LogP contribution in [0.2, 0.25) is 0 Å². The number of amides is 1. The largest absolute Gasteiger partial charge is 0.480 e. The monoisotopic (exact) mass is 413 g/mol. The fourth-order valence-electron chi connectivity index (χ4n) is 3.10. The number of aromatic nitrogens is 1. The number of rotatable bonds is 5. The van der Waals surface area contributed by atoms with E-state index in [0.29, 0.717) is 17.3 Å². The van der Waals surface area contributed by atoms with Crippen LogP contribution in [0.1, 0.15) is 23.7 Å². The summed E-state index contributed by atoms with van der Waals surface area (Å²) >= 11 is 3.44. The smallest absolute Gasteiger partial charge is 0.257 e. The van der Waals surface area contributed by atoms with Gasteiger partial charge in [-0.25, -0.2) is 0 Å². The zero-order chi connectivity index (χ0) is 18.4. The number of hydrogen-bond acceptors (Lipinski definition) is 6. The molecule has 1 atom stereocenters. The first-order valence-corrected chi connectivity index (χ1v) is 9.41. The fourth-order valence-corrected chi connectivity index (χ4v) is 3.62. The summed E-state index contributed by atoms with van der Waals surface area (Å²) in [6.45, 7) is 6.91. The Balaban J connectivity index is 2.17. The highest BCUT2D eigenvalue weighted by molar-refractivity contribution is 9.10. The number of nitrogens with one attached hydrogen (secondary N) is 2. The molecular weight excluding hydrogens is 386 g/mol. The summed E-state index contributed by atoms with van der Waals surface area (Å²) in [5.74, 6) is 0.788. The minimum absolute atomic E-state index is 0.0604. The molecule has 1 aliphatic rings. The molecule has 0 spiro atoms. The molecule has 1 aromatic heterocycles. The lowest BCUT2D eigenvalue weighted by Crippen LogP contribution is -2.51. The number of pyridine rings is 1. The van der Waals surface area contributed by atoms with E-state index < -0.39 is 0 Å². The summed E-state index contributed by atoms with van der Waals surface area (Å²) in [5, 5.41) is 6.12. The van der Waals surface area contributed by atoms with Crippen LogP contribution in [0.3, 0.4) is 0 Å². The maximum atomic E-state index is 12.8. The van der Waals surface area contributed by atoms with Crippen LogP contribution in [0.5, 0.6) is 5.88 Å². The minimum atomic E-state index is -0.164. The molecule has 140 valence electrons. The number of anilines is 1. The van der Waals surface area contributed by atoms with Gasteiger partial charge in [0.1, 0.15) is 11.4 Å². The predicted molar refractivity (Wildman–Crippen MR) is 104 cm³/mol. The van der Waals surface area contributed by atoms with Gasteiger partial charge in [0.25, 0.3) is 5.91 Å². The molecule has 1 saturated heterocycles. The second-order valence-corrected chi connectivity index (χ2v) is 7.16. The summed E-state index contributed by atoms with van der Waals surface area (Å²) in [7, 11) is 5.39. The van der Waals surface area contributed by atoms with Crippen LogP contribution in [0.15, 0.2) is 10.5 Å². The molecule has 0 aliphatic carbocycles. The molecule has 0 saturated carbocycles. The lowest BCUT2D eigenvalue weighted by Gasteiger charge is -2.33. The first-order valence-electron chi connectivity index (χ1n) is 8.62. The van der Waals surface area contributed by atoms with Crippen LogP contribution in [-0.4, -0.2) is 80.7 Å². The molecule has 1 fully saturated rings. The van der Waals surface area contributed by atoms with E-state index in [1.165, 1.54) is 7.11 Å². The third kappa shape index (κ3) is 5.29. The van der Waals surface area contributed by atoms with Crippen molar-refractivity contribution in [1.82, 2.24) is 20.1 Å². The van der Waals surface area contributed by atoms with E-state index in [2.05, 4.69) is 55.3 Å². The molecule has 2 N–H and O–H groups in total. The van der Waals surface area contributed by atoms with E-state index in [1.807, 2.05) is 0 Å². The van der Waals surface area contributed by atoms with Crippen LogP contribution < -0.4 is 15.4 Å². The number of ether oxygens (including phenoxy) is 1. The van der Waals surface area contributed by atoms with Gasteiger partial charge in [-0.2, -0.15) is 4.98 Å². The number of methoxy groups -OCH3 is 1. The second-order valence-electron chi connectivity index (χ2n) is 6.31. The van der Waals surface area contributed by atoms with Crippen LogP contribution in [0.4, 0.5) is 5.82 Å². The Bertz CT molecular complexity index is 599. The van der Waals surface area contributed by atoms with Crippen LogP contribution in [0.25, 0.3) is 0 Å². The quantitative estimate of drug-likeness (QED) is 0.764. The second kappa shape index (κ2) is 9.35. The minimum Gasteiger partial charge on any atom is -0.480 e. The molecule has 25 heavy (non-hydrogen) atoms. The zero-order valence-electron chi connectivity index (χ0n) is 15.4. The topological polar surface area (TPSA) is 69.7 Å². The first kappa shape index (κ1) is 19.9. The van der Waals surface area contributed by atoms with Gasteiger partial charge in [-0.05, 0) is 55.1 Å². The van der Waals surface area contributed by atoms with Crippen LogP contribution >= 0.6 is 15.9 Å². The summed E-state index contributed by atoms with van der Waals surface area (Å²) in [6.07, 6.45) is 1.15. The molecule has 1 aliphatic heterocycles. The van der Waals surface area contributed by atoms with Gasteiger partial charge in [-0.1, -0.05) is 6.92 Å². The lowest BCUT2D eigenvalue weighted by molar-refractivity contribution is 0.0895. The summed E-state index contributed by atoms with van der Waals surface area (Å²) in [5.41, 5.74) is 0.432. The summed E-state index contributed by atoms with van der Waals surface area (Å²) in [6, 6.07) is 1.81. The number of likely N-dealkylation sites (N-methyl/N-ethyl adjacent to an activating group) is 2. The molecule has 1 aromatic rings. The Hall–Kier alpha value is -1.38. The van der Waals surface area contributed by atoms with E-state index in [4.69, 9.17) is 4.74 Å². The number of carbonyl (C=O) groups is 1. The standard InChI is InChI=1S/C17H28BrN5O2/c1-5-23-8-6-7-22(3)10-12(11-23)20-16(24)13-9-14(18)15(19-2)21-17(13)25-4/h9,12H,5-8,10-11H2,1-4H3,(H,19,21)(H,20,24)/t12-/m1/s1. The van der Waals surface area contributed by atoms with Crippen molar-refractivity contribution in [1.29, 1.82) is 0 Å². The van der Waals surface area contributed by atoms with E-state index in [1.54, 1.807) is 13.1 Å². The maximum absolute atomic E-state index is 12.8. The molecule has 0 radical (unpaired) electrons. The van der Waals surface area contributed by atoms with Gasteiger partial charge in [0.05, 0.1) is 17.6 Å². The van der Waals surface area contributed by atoms with Crippen molar-refractivity contribution in [2.24, 2.45) is 0 Å². The molecule has 2 rings (SSSR count). The van der Waals surface area contributed by atoms with Gasteiger partial charge in [0.15, 0.2) is 0 Å². The van der Waals surface area contributed by atoms with Crippen molar-refractivity contribution in [2.75, 3.05) is 59.2 Å². The maximum Gasteiger partial charge on any atom is 0.257 e. The van der Waals surface area contributed by atoms with Crippen molar-refractivity contribution in [3.63, 3.8) is 0 Å². The molecule has 0 aromatic carbocycles. The van der Waals surface area contributed by atoms with Crippen molar-refractivity contribution >= 4 is 27.7 Å². The highest BCUT2D eigenvalue weighted by Gasteiger charge is 2.23. The van der Waals surface area contributed by atoms with Crippen molar-refractivity contribution in [2.45, 2.75) is 19.4 Å². The van der Waals surface area contributed by atoms with E-state index >= 15 is 0 Å². The number of nitrogens with zero attached hydrogens (tertiary/aromatic N) is 3. The molecular formula is C17H28BrN5O2. The molecule has 0 unspecified atom stereocenters. The Morgan fingerprint density at radius 3 is 2.84 bits per heavy atom. The van der Waals surface area contributed by atoms with Gasteiger partial charge >= 0.3 is 0 Å². The van der Waals surface area contributed by atoms with Gasteiger partial charge in [-0.3, -0.25) is 4.79 Å². The SMILES string of the molecule is CCN1CCCN(C)C[C@@H](NC(=O)c2cc(Br)c(NC)nc2OC)C1. The van der Waals surface area contributed by atoms with Crippen LogP contribution in [0, 0.1) is 0 Å². The Kier molecular flexibility index (Phi) is 7.46. The Labute approximate surface area is 158 Å². The third-order valence-corrected chi connectivity index (χ3v) is 5.03. The molecule has 7 nitrogen and oxygen atoms in total. The number of hydrogen-bond donors (Lipinski definition) is 2. The van der Waals surface area contributed by atoms with Gasteiger partial charge in [-0.15, -0.1) is 0 Å². The average Bonchev–Trinajstić information content (AvgIpc) is 2.58. The van der Waals surface area contributed by atoms with E-state index in [-0.39, 0.29) is 11.9 Å². The van der Waals surface area contributed by atoms with Crippen LogP contribution in [-0.2, 0) is 0 Å². The van der Waals surface area contributed by atoms with Gasteiger partial charge in [0.2, 0.25) is 5.88 Å². The van der Waals surface area contributed by atoms with E-state index in [0.717, 1.165) is 43.6 Å². The number of carbonyl (C=O) groups excluding carboxylic acids is 1. The highest BCUT2D eigenvalue weighted by atomic mass is 79.9. The van der Waals surface area contributed by atoms with Gasteiger partial charge in [0, 0.05) is 20.1 Å². The fraction of sp³-hybridized carbons (Fsp3) is 0.647. The highest BCUT2D eigenvalue weighted by Crippen LogP contribution is 2.27. The summed E-state index contributed by atoms with van der Waals surface area (Å²) < 4.78 is 6.04. The third-order valence-electron chi connectivity index (χ3n) is 4.42. The van der Waals surface area contributed by atoms with Crippen molar-refractivity contribution in [3.05, 3.63) is 16.1 Å². The van der Waals surface area contributed by atoms with Crippen molar-refractivity contribution in [3.8, 4) is 5.88 Å². The van der Waals surface area contributed by atoms with Crippen molar-refractivity contribution < 1.29 is 9.53 Å². The Morgan fingerprint density at radius 1 is 1.44 bits per heavy atom. The molecule has 2 heterocycles. The molecule has 0 bridgehead atoms. The Morgan fingerprint density at radius 2 is 2.20 bits per heavy atom. The summed E-state index contributed by atoms with van der Waals surface area (Å²) in [4.78, 5) is 21.8.